The largest absolute Gasteiger partial charge is 0.381 e. The summed E-state index contributed by atoms with van der Waals surface area (Å²) in [6.45, 7) is 2.75. The first kappa shape index (κ1) is 16.4. The summed E-state index contributed by atoms with van der Waals surface area (Å²) in [4.78, 5) is 30.9. The maximum absolute atomic E-state index is 13.8. The van der Waals surface area contributed by atoms with Gasteiger partial charge in [-0.1, -0.05) is 18.2 Å². The molecule has 1 aliphatic heterocycles. The molecule has 8 heteroatoms. The second kappa shape index (κ2) is 6.96. The molecule has 1 saturated heterocycles. The summed E-state index contributed by atoms with van der Waals surface area (Å²) in [6, 6.07) is 5.64. The molecule has 0 bridgehead atoms. The second-order valence-electron chi connectivity index (χ2n) is 5.77. The Morgan fingerprint density at radius 2 is 2.04 bits per heavy atom. The number of hydrogen-bond acceptors (Lipinski definition) is 5. The van der Waals surface area contributed by atoms with E-state index in [0.717, 1.165) is 4.57 Å². The molecule has 1 aromatic carbocycles. The van der Waals surface area contributed by atoms with E-state index in [9.17, 15) is 14.0 Å². The van der Waals surface area contributed by atoms with E-state index in [1.54, 1.807) is 25.1 Å². The number of ether oxygens (including phenoxy) is 1. The third kappa shape index (κ3) is 3.38. The number of nitrogens with one attached hydrogen (secondary N) is 2. The predicted molar refractivity (Wildman–Crippen MR) is 86.6 cm³/mol. The van der Waals surface area contributed by atoms with Gasteiger partial charge in [-0.25, -0.2) is 18.5 Å². The highest BCUT2D eigenvalue weighted by Gasteiger charge is 2.20. The van der Waals surface area contributed by atoms with E-state index in [-0.39, 0.29) is 17.8 Å². The van der Waals surface area contributed by atoms with Crippen LogP contribution >= 0.6 is 0 Å². The molecule has 0 spiro atoms. The lowest BCUT2D eigenvalue weighted by molar-refractivity contribution is 0.0670. The van der Waals surface area contributed by atoms with Crippen molar-refractivity contribution in [2.45, 2.75) is 31.8 Å². The molecule has 1 fully saturated rings. The molecule has 2 aromatic rings. The predicted octanol–water partition coefficient (Wildman–Crippen LogP) is 1.60. The number of benzene rings is 1. The van der Waals surface area contributed by atoms with Crippen molar-refractivity contribution in [3.8, 4) is 0 Å². The summed E-state index contributed by atoms with van der Waals surface area (Å²) in [5, 5.41) is 2.87. The van der Waals surface area contributed by atoms with Gasteiger partial charge >= 0.3 is 11.4 Å². The van der Waals surface area contributed by atoms with Crippen LogP contribution in [0.25, 0.3) is 0 Å². The Kier molecular flexibility index (Phi) is 4.75. The van der Waals surface area contributed by atoms with Crippen molar-refractivity contribution in [1.82, 2.24) is 14.5 Å². The molecule has 0 amide bonds. The molecule has 1 atom stereocenters. The number of aromatic amines is 1. The first-order chi connectivity index (χ1) is 11.6. The van der Waals surface area contributed by atoms with E-state index < -0.39 is 17.4 Å². The summed E-state index contributed by atoms with van der Waals surface area (Å²) >= 11 is 0. The van der Waals surface area contributed by atoms with Gasteiger partial charge in [0.15, 0.2) is 0 Å². The smallest absolute Gasteiger partial charge is 0.355 e. The number of halogens is 1. The number of H-pyrrole nitrogens is 1. The van der Waals surface area contributed by atoms with Crippen LogP contribution in [0.15, 0.2) is 33.9 Å². The molecule has 0 aliphatic carbocycles. The van der Waals surface area contributed by atoms with E-state index in [4.69, 9.17) is 4.74 Å². The standard InChI is InChI=1S/C16H19FN4O3/c1-10(12-4-2-3-5-13(12)17)18-14-19-15(22)21(16(23)20-14)11-6-8-24-9-7-11/h2-5,10-11H,6-9H2,1H3,(H2,18,19,20,22,23). The number of aromatic nitrogens is 3. The highest BCUT2D eigenvalue weighted by atomic mass is 19.1. The Morgan fingerprint density at radius 3 is 2.71 bits per heavy atom. The molecule has 1 aromatic heterocycles. The molecule has 24 heavy (non-hydrogen) atoms. The molecular weight excluding hydrogens is 315 g/mol. The van der Waals surface area contributed by atoms with Crippen molar-refractivity contribution in [2.24, 2.45) is 0 Å². The number of nitrogens with zero attached hydrogens (tertiary/aromatic N) is 2. The van der Waals surface area contributed by atoms with Crippen molar-refractivity contribution in [3.63, 3.8) is 0 Å². The van der Waals surface area contributed by atoms with Gasteiger partial charge < -0.3 is 10.1 Å². The zero-order valence-corrected chi connectivity index (χ0v) is 13.3. The number of hydrogen-bond donors (Lipinski definition) is 2. The second-order valence-corrected chi connectivity index (χ2v) is 5.77. The fourth-order valence-corrected chi connectivity index (χ4v) is 2.87. The molecule has 2 heterocycles. The van der Waals surface area contributed by atoms with Crippen LogP contribution < -0.4 is 16.7 Å². The maximum atomic E-state index is 13.8. The van der Waals surface area contributed by atoms with Crippen molar-refractivity contribution in [3.05, 3.63) is 56.6 Å². The summed E-state index contributed by atoms with van der Waals surface area (Å²) in [6.07, 6.45) is 1.20. The van der Waals surface area contributed by atoms with Crippen LogP contribution in [-0.4, -0.2) is 27.7 Å². The Morgan fingerprint density at radius 1 is 1.33 bits per heavy atom. The molecule has 1 unspecified atom stereocenters. The highest BCUT2D eigenvalue weighted by molar-refractivity contribution is 5.31. The lowest BCUT2D eigenvalue weighted by Crippen LogP contribution is -2.42. The zero-order valence-electron chi connectivity index (χ0n) is 13.3. The molecule has 2 N–H and O–H groups in total. The van der Waals surface area contributed by atoms with Crippen molar-refractivity contribution in [1.29, 1.82) is 0 Å². The third-order valence-electron chi connectivity index (χ3n) is 4.14. The molecule has 0 radical (unpaired) electrons. The Balaban J connectivity index is 1.84. The minimum atomic E-state index is -0.617. The first-order valence-corrected chi connectivity index (χ1v) is 7.88. The van der Waals surface area contributed by atoms with Gasteiger partial charge in [0.1, 0.15) is 5.82 Å². The zero-order chi connectivity index (χ0) is 17.1. The van der Waals surface area contributed by atoms with Crippen LogP contribution in [0.1, 0.15) is 37.4 Å². The van der Waals surface area contributed by atoms with Crippen LogP contribution in [0.3, 0.4) is 0 Å². The van der Waals surface area contributed by atoms with Gasteiger partial charge in [0, 0.05) is 24.8 Å². The Bertz CT molecular complexity index is 795. The Labute approximate surface area is 137 Å². The van der Waals surface area contributed by atoms with Gasteiger partial charge in [0.25, 0.3) is 0 Å². The average Bonchev–Trinajstić information content (AvgIpc) is 2.55. The fraction of sp³-hybridized carbons (Fsp3) is 0.438. The van der Waals surface area contributed by atoms with Crippen LogP contribution in [-0.2, 0) is 4.74 Å². The van der Waals surface area contributed by atoms with Gasteiger partial charge in [-0.15, -0.1) is 0 Å². The van der Waals surface area contributed by atoms with E-state index in [2.05, 4.69) is 15.3 Å². The van der Waals surface area contributed by atoms with Crippen molar-refractivity contribution >= 4 is 5.95 Å². The topological polar surface area (TPSA) is 89.0 Å². The normalized spacial score (nSPS) is 16.8. The molecule has 3 rings (SSSR count). The van der Waals surface area contributed by atoms with Crippen LogP contribution in [0.2, 0.25) is 0 Å². The molecule has 7 nitrogen and oxygen atoms in total. The third-order valence-corrected chi connectivity index (χ3v) is 4.14. The number of anilines is 1. The fourth-order valence-electron chi connectivity index (χ4n) is 2.87. The monoisotopic (exact) mass is 334 g/mol. The summed E-state index contributed by atoms with van der Waals surface area (Å²) in [5.74, 6) is -0.334. The van der Waals surface area contributed by atoms with Crippen LogP contribution in [0.4, 0.5) is 10.3 Å². The SMILES string of the molecule is CC(Nc1nc(=O)n(C2CCOCC2)c(=O)[nH]1)c1ccccc1F. The van der Waals surface area contributed by atoms with Crippen molar-refractivity contribution < 1.29 is 9.13 Å². The van der Waals surface area contributed by atoms with Gasteiger partial charge in [0.2, 0.25) is 5.95 Å². The van der Waals surface area contributed by atoms with Gasteiger partial charge in [0.05, 0.1) is 6.04 Å². The van der Waals surface area contributed by atoms with E-state index in [1.807, 2.05) is 0 Å². The molecular formula is C16H19FN4O3. The molecule has 0 saturated carbocycles. The van der Waals surface area contributed by atoms with Gasteiger partial charge in [-0.05, 0) is 25.8 Å². The minimum absolute atomic E-state index is 0.0315. The quantitative estimate of drug-likeness (QED) is 0.886. The number of rotatable bonds is 4. The molecule has 1 aliphatic rings. The summed E-state index contributed by atoms with van der Waals surface area (Å²) in [5.41, 5.74) is -0.715. The van der Waals surface area contributed by atoms with Gasteiger partial charge in [-0.3, -0.25) is 4.98 Å². The lowest BCUT2D eigenvalue weighted by Gasteiger charge is -2.23. The maximum Gasteiger partial charge on any atom is 0.355 e. The van der Waals surface area contributed by atoms with Gasteiger partial charge in [-0.2, -0.15) is 4.98 Å². The van der Waals surface area contributed by atoms with Crippen LogP contribution in [0.5, 0.6) is 0 Å². The summed E-state index contributed by atoms with van der Waals surface area (Å²) in [7, 11) is 0. The minimum Gasteiger partial charge on any atom is -0.381 e. The Hall–Kier alpha value is -2.48. The average molecular weight is 334 g/mol. The lowest BCUT2D eigenvalue weighted by atomic mass is 10.1. The van der Waals surface area contributed by atoms with Crippen molar-refractivity contribution in [2.75, 3.05) is 18.5 Å². The summed E-state index contributed by atoms with van der Waals surface area (Å²) < 4.78 is 20.2. The first-order valence-electron chi connectivity index (χ1n) is 7.88. The molecule has 128 valence electrons. The highest BCUT2D eigenvalue weighted by Crippen LogP contribution is 2.19. The van der Waals surface area contributed by atoms with E-state index in [1.165, 1.54) is 6.07 Å². The van der Waals surface area contributed by atoms with E-state index in [0.29, 0.717) is 31.6 Å². The van der Waals surface area contributed by atoms with Crippen LogP contribution in [0, 0.1) is 5.82 Å². The van der Waals surface area contributed by atoms with E-state index >= 15 is 0 Å².